The second-order valence-corrected chi connectivity index (χ2v) is 8.03. The van der Waals surface area contributed by atoms with Crippen LogP contribution in [0.15, 0.2) is 30.0 Å². The minimum Gasteiger partial charge on any atom is -0.398 e. The molecule has 1 aromatic rings. The highest BCUT2D eigenvalue weighted by atomic mass is 35.5. The first-order valence-corrected chi connectivity index (χ1v) is 9.03. The molecule has 0 radical (unpaired) electrons. The van der Waals surface area contributed by atoms with Crippen molar-refractivity contribution < 1.29 is 18.4 Å². The van der Waals surface area contributed by atoms with Crippen LogP contribution in [0.5, 0.6) is 0 Å². The fourth-order valence-electron chi connectivity index (χ4n) is 2.54. The lowest BCUT2D eigenvalue weighted by atomic mass is 9.82. The standard InChI is InChI=1S/C19H27BClFO3/c1-13(2)23-12-11-16(14-7-9-15(21)10-8-14)17(22)20-24-18(3,4)19(5,6)25-20/h7-10,13H,11-12H2,1-6H3. The van der Waals surface area contributed by atoms with Crippen molar-refractivity contribution in [3.8, 4) is 0 Å². The maximum atomic E-state index is 15.3. The average Bonchev–Trinajstić information content (AvgIpc) is 2.72. The van der Waals surface area contributed by atoms with E-state index in [1.165, 1.54) is 0 Å². The molecular formula is C19H27BClFO3. The van der Waals surface area contributed by atoms with E-state index in [9.17, 15) is 0 Å². The summed E-state index contributed by atoms with van der Waals surface area (Å²) in [5, 5.41) is 0.609. The molecule has 1 saturated heterocycles. The molecule has 0 aliphatic carbocycles. The molecule has 0 N–H and O–H groups in total. The first-order chi connectivity index (χ1) is 11.5. The lowest BCUT2D eigenvalue weighted by molar-refractivity contribution is 0.00578. The van der Waals surface area contributed by atoms with Crippen LogP contribution in [0.1, 0.15) is 53.5 Å². The van der Waals surface area contributed by atoms with Gasteiger partial charge in [0, 0.05) is 5.02 Å². The summed E-state index contributed by atoms with van der Waals surface area (Å²) in [7, 11) is -1.02. The molecule has 0 atom stereocenters. The van der Waals surface area contributed by atoms with Gasteiger partial charge in [-0.3, -0.25) is 0 Å². The summed E-state index contributed by atoms with van der Waals surface area (Å²) in [6.45, 7) is 12.0. The van der Waals surface area contributed by atoms with Crippen molar-refractivity contribution in [1.29, 1.82) is 0 Å². The van der Waals surface area contributed by atoms with Crippen LogP contribution in [0.2, 0.25) is 5.02 Å². The number of rotatable bonds is 6. The highest BCUT2D eigenvalue weighted by molar-refractivity contribution is 6.55. The Morgan fingerprint density at radius 1 is 1.12 bits per heavy atom. The molecule has 1 aliphatic heterocycles. The molecular weight excluding hydrogens is 341 g/mol. The van der Waals surface area contributed by atoms with Crippen molar-refractivity contribution in [1.82, 2.24) is 0 Å². The molecule has 1 heterocycles. The third-order valence-corrected chi connectivity index (χ3v) is 5.00. The molecule has 1 aromatic carbocycles. The molecule has 2 rings (SSSR count). The van der Waals surface area contributed by atoms with E-state index in [0.717, 1.165) is 5.56 Å². The van der Waals surface area contributed by atoms with Crippen LogP contribution in [0.4, 0.5) is 4.39 Å². The highest BCUT2D eigenvalue weighted by Crippen LogP contribution is 2.40. The van der Waals surface area contributed by atoms with Crippen molar-refractivity contribution in [3.05, 3.63) is 40.6 Å². The Morgan fingerprint density at radius 2 is 1.64 bits per heavy atom. The van der Waals surface area contributed by atoms with E-state index in [1.54, 1.807) is 24.3 Å². The third-order valence-electron chi connectivity index (χ3n) is 4.74. The summed E-state index contributed by atoms with van der Waals surface area (Å²) in [6.07, 6.45) is 0.516. The van der Waals surface area contributed by atoms with Gasteiger partial charge in [-0.15, -0.1) is 0 Å². The first-order valence-electron chi connectivity index (χ1n) is 8.65. The van der Waals surface area contributed by atoms with Gasteiger partial charge in [0.05, 0.1) is 23.9 Å². The Hall–Kier alpha value is -0.875. The summed E-state index contributed by atoms with van der Waals surface area (Å²) in [5.41, 5.74) is -0.309. The van der Waals surface area contributed by atoms with E-state index in [0.29, 0.717) is 23.6 Å². The molecule has 0 aromatic heterocycles. The minimum atomic E-state index is -1.02. The molecule has 3 nitrogen and oxygen atoms in total. The normalized spacial score (nSPS) is 20.1. The van der Waals surface area contributed by atoms with E-state index in [4.69, 9.17) is 25.6 Å². The van der Waals surface area contributed by atoms with Gasteiger partial charge in [0.2, 0.25) is 0 Å². The Bertz CT molecular complexity index is 610. The van der Waals surface area contributed by atoms with Crippen LogP contribution in [-0.4, -0.2) is 31.0 Å². The van der Waals surface area contributed by atoms with Crippen molar-refractivity contribution in [2.24, 2.45) is 0 Å². The molecule has 0 amide bonds. The van der Waals surface area contributed by atoms with Gasteiger partial charge in [0.1, 0.15) is 5.73 Å². The van der Waals surface area contributed by atoms with E-state index < -0.39 is 24.0 Å². The number of hydrogen-bond donors (Lipinski definition) is 0. The highest BCUT2D eigenvalue weighted by Gasteiger charge is 2.53. The predicted molar refractivity (Wildman–Crippen MR) is 101 cm³/mol. The molecule has 6 heteroatoms. The summed E-state index contributed by atoms with van der Waals surface area (Å²) in [4.78, 5) is 0. The topological polar surface area (TPSA) is 27.7 Å². The average molecular weight is 369 g/mol. The lowest BCUT2D eigenvalue weighted by Crippen LogP contribution is -2.41. The number of ether oxygens (including phenoxy) is 1. The molecule has 1 fully saturated rings. The quantitative estimate of drug-likeness (QED) is 0.623. The Kier molecular flexibility index (Phi) is 6.37. The van der Waals surface area contributed by atoms with Crippen LogP contribution < -0.4 is 0 Å². The van der Waals surface area contributed by atoms with Gasteiger partial charge in [0.25, 0.3) is 0 Å². The fraction of sp³-hybridized carbons (Fsp3) is 0.579. The van der Waals surface area contributed by atoms with Gasteiger partial charge in [-0.1, -0.05) is 23.7 Å². The predicted octanol–water partition coefficient (Wildman–Crippen LogP) is 5.47. The Morgan fingerprint density at radius 3 is 2.12 bits per heavy atom. The largest absolute Gasteiger partial charge is 0.525 e. The lowest BCUT2D eigenvalue weighted by Gasteiger charge is -2.32. The zero-order valence-corrected chi connectivity index (χ0v) is 16.6. The van der Waals surface area contributed by atoms with Crippen molar-refractivity contribution in [2.75, 3.05) is 6.61 Å². The summed E-state index contributed by atoms with van der Waals surface area (Å²) in [5.74, 6) is 0. The zero-order valence-electron chi connectivity index (χ0n) is 15.9. The summed E-state index contributed by atoms with van der Waals surface area (Å²) >= 11 is 5.96. The molecule has 25 heavy (non-hydrogen) atoms. The van der Waals surface area contributed by atoms with Crippen molar-refractivity contribution in [2.45, 2.75) is 65.3 Å². The fourth-order valence-corrected chi connectivity index (χ4v) is 2.66. The molecule has 0 bridgehead atoms. The number of halogens is 2. The van der Waals surface area contributed by atoms with Gasteiger partial charge in [-0.05, 0) is 71.2 Å². The van der Waals surface area contributed by atoms with E-state index in [2.05, 4.69) is 0 Å². The van der Waals surface area contributed by atoms with E-state index in [1.807, 2.05) is 41.5 Å². The molecule has 0 unspecified atom stereocenters. The maximum absolute atomic E-state index is 15.3. The maximum Gasteiger partial charge on any atom is 0.525 e. The second kappa shape index (κ2) is 7.79. The van der Waals surface area contributed by atoms with Gasteiger partial charge in [-0.25, -0.2) is 4.39 Å². The Labute approximate surface area is 155 Å². The Balaban J connectivity index is 2.32. The monoisotopic (exact) mass is 368 g/mol. The SMILES string of the molecule is CC(C)OCCC(=C(F)B1OC(C)(C)C(C)(C)O1)c1ccc(Cl)cc1. The van der Waals surface area contributed by atoms with Crippen LogP contribution in [0.3, 0.4) is 0 Å². The van der Waals surface area contributed by atoms with Crippen LogP contribution >= 0.6 is 11.6 Å². The van der Waals surface area contributed by atoms with Crippen LogP contribution in [-0.2, 0) is 14.0 Å². The molecule has 1 aliphatic rings. The molecule has 0 saturated carbocycles. The van der Waals surface area contributed by atoms with Crippen LogP contribution in [0.25, 0.3) is 5.57 Å². The van der Waals surface area contributed by atoms with Gasteiger partial charge >= 0.3 is 7.12 Å². The summed E-state index contributed by atoms with van der Waals surface area (Å²) < 4.78 is 32.6. The first kappa shape index (κ1) is 20.4. The second-order valence-electron chi connectivity index (χ2n) is 7.59. The number of hydrogen-bond acceptors (Lipinski definition) is 3. The van der Waals surface area contributed by atoms with Gasteiger partial charge in [0.15, 0.2) is 0 Å². The minimum absolute atomic E-state index is 0.0892. The van der Waals surface area contributed by atoms with E-state index >= 15 is 4.39 Å². The van der Waals surface area contributed by atoms with Crippen LogP contribution in [0, 0.1) is 0 Å². The van der Waals surface area contributed by atoms with Crippen molar-refractivity contribution >= 4 is 24.3 Å². The summed E-state index contributed by atoms with van der Waals surface area (Å²) in [6, 6.07) is 7.10. The zero-order chi connectivity index (χ0) is 18.8. The smallest absolute Gasteiger partial charge is 0.398 e. The third kappa shape index (κ3) is 4.85. The van der Waals surface area contributed by atoms with Gasteiger partial charge in [-0.2, -0.15) is 0 Å². The van der Waals surface area contributed by atoms with Gasteiger partial charge < -0.3 is 14.0 Å². The van der Waals surface area contributed by atoms with Crippen molar-refractivity contribution in [3.63, 3.8) is 0 Å². The molecule has 0 spiro atoms. The van der Waals surface area contributed by atoms with E-state index in [-0.39, 0.29) is 6.10 Å². The number of benzene rings is 1. The molecule has 138 valence electrons.